The van der Waals surface area contributed by atoms with Crippen molar-refractivity contribution in [2.75, 3.05) is 26.2 Å². The fourth-order valence-electron chi connectivity index (χ4n) is 3.51. The predicted molar refractivity (Wildman–Crippen MR) is 120 cm³/mol. The van der Waals surface area contributed by atoms with Gasteiger partial charge in [-0.15, -0.1) is 11.8 Å². The zero-order valence-corrected chi connectivity index (χ0v) is 21.6. The van der Waals surface area contributed by atoms with Gasteiger partial charge in [0.15, 0.2) is 24.4 Å². The Balaban J connectivity index is 3.62. The van der Waals surface area contributed by atoms with E-state index in [9.17, 15) is 33.9 Å². The summed E-state index contributed by atoms with van der Waals surface area (Å²) in [6.45, 7) is 4.02. The second kappa shape index (κ2) is 14.6. The van der Waals surface area contributed by atoms with Gasteiger partial charge in [-0.3, -0.25) is 33.7 Å². The zero-order valence-electron chi connectivity index (χ0n) is 20.8. The Morgan fingerprint density at radius 1 is 0.833 bits per heavy atom. The first-order valence-electron chi connectivity index (χ1n) is 10.7. The summed E-state index contributed by atoms with van der Waals surface area (Å²) in [6, 6.07) is -0.941. The summed E-state index contributed by atoms with van der Waals surface area (Å²) in [7, 11) is 1.16. The Morgan fingerprint density at radius 2 is 1.36 bits per heavy atom. The van der Waals surface area contributed by atoms with Crippen LogP contribution in [0.3, 0.4) is 0 Å². The zero-order chi connectivity index (χ0) is 27.6. The van der Waals surface area contributed by atoms with Gasteiger partial charge in [0.05, 0.1) is 19.2 Å². The highest BCUT2D eigenvalue weighted by Gasteiger charge is 2.52. The van der Waals surface area contributed by atoms with Crippen molar-refractivity contribution >= 4 is 47.6 Å². The van der Waals surface area contributed by atoms with E-state index in [1.165, 1.54) is 4.90 Å². The van der Waals surface area contributed by atoms with Crippen LogP contribution in [-0.2, 0) is 57.2 Å². The van der Waals surface area contributed by atoms with Gasteiger partial charge in [0, 0.05) is 40.4 Å². The molecule has 0 bridgehead atoms. The lowest BCUT2D eigenvalue weighted by Gasteiger charge is -2.39. The highest BCUT2D eigenvalue weighted by molar-refractivity contribution is 8.00. The highest BCUT2D eigenvalue weighted by atomic mass is 32.2. The van der Waals surface area contributed by atoms with Crippen molar-refractivity contribution in [2.45, 2.75) is 70.5 Å². The molecular weight excluding hydrogens is 506 g/mol. The molecule has 1 N–H and O–H groups in total. The van der Waals surface area contributed by atoms with Crippen LogP contribution in [0.2, 0.25) is 0 Å². The number of ether oxygens (including phenoxy) is 6. The number of methoxy groups -OCH3 is 1. The fourth-order valence-corrected chi connectivity index (χ4v) is 5.02. The number of carbonyl (C=O) groups is 6. The molecule has 6 unspecified atom stereocenters. The molecule has 0 aromatic rings. The Hall–Kier alpha value is -2.91. The van der Waals surface area contributed by atoms with Crippen LogP contribution in [0.5, 0.6) is 0 Å². The van der Waals surface area contributed by atoms with Crippen molar-refractivity contribution in [2.24, 2.45) is 0 Å². The van der Waals surface area contributed by atoms with Crippen LogP contribution in [0.4, 0.5) is 0 Å². The van der Waals surface area contributed by atoms with Crippen LogP contribution in [0.1, 0.15) is 34.6 Å². The Kier molecular flexibility index (Phi) is 12.6. The third-order valence-electron chi connectivity index (χ3n) is 4.76. The summed E-state index contributed by atoms with van der Waals surface area (Å²) in [5.74, 6) is -4.74. The second-order valence-electron chi connectivity index (χ2n) is 7.59. The number of aliphatic hydroxyl groups is 1. The van der Waals surface area contributed by atoms with Crippen LogP contribution in [0.25, 0.3) is 0 Å². The second-order valence-corrected chi connectivity index (χ2v) is 8.74. The number of aliphatic hydroxyl groups excluding tert-OH is 1. The molecule has 0 aromatic heterocycles. The monoisotopic (exact) mass is 537 g/mol. The largest absolute Gasteiger partial charge is 0.468 e. The number of carbonyl (C=O) groups excluding carboxylic acids is 6. The topological polar surface area (TPSA) is 181 Å². The molecule has 1 aliphatic rings. The standard InChI is InChI=1S/C21H31NO13S/c1-10(24)31-7-16(32-11(2)25)17(33-12(3)26)18(34-13(4)27)19(35-14(5)28)20-22(9-23)15(8-36-20)21(29)30-6/h15-20,23H,7-9H2,1-6H3. The van der Waals surface area contributed by atoms with E-state index in [1.54, 1.807) is 0 Å². The summed E-state index contributed by atoms with van der Waals surface area (Å²) < 4.78 is 31.1. The molecule has 15 heteroatoms. The van der Waals surface area contributed by atoms with E-state index < -0.39 is 85.0 Å². The molecule has 0 aliphatic carbocycles. The van der Waals surface area contributed by atoms with Gasteiger partial charge >= 0.3 is 35.8 Å². The van der Waals surface area contributed by atoms with Crippen LogP contribution >= 0.6 is 11.8 Å². The van der Waals surface area contributed by atoms with Gasteiger partial charge in [0.2, 0.25) is 0 Å². The predicted octanol–water partition coefficient (Wildman–Crippen LogP) is -0.857. The first-order chi connectivity index (χ1) is 16.8. The third kappa shape index (κ3) is 9.28. The van der Waals surface area contributed by atoms with Crippen molar-refractivity contribution in [3.63, 3.8) is 0 Å². The van der Waals surface area contributed by atoms with Gasteiger partial charge in [-0.1, -0.05) is 0 Å². The van der Waals surface area contributed by atoms with E-state index >= 15 is 0 Å². The molecule has 1 fully saturated rings. The van der Waals surface area contributed by atoms with E-state index in [0.717, 1.165) is 53.5 Å². The molecule has 204 valence electrons. The first-order valence-corrected chi connectivity index (χ1v) is 11.7. The molecule has 1 rings (SSSR count). The quantitative estimate of drug-likeness (QED) is 0.240. The minimum atomic E-state index is -1.63. The molecular formula is C21H31NO13S. The SMILES string of the molecule is COC(=O)C1CSC(C(OC(C)=O)C(OC(C)=O)C(OC(C)=O)C(COC(C)=O)OC(C)=O)N1CO. The van der Waals surface area contributed by atoms with Crippen LogP contribution in [0.15, 0.2) is 0 Å². The maximum atomic E-state index is 12.2. The number of esters is 6. The molecule has 1 saturated heterocycles. The molecule has 0 amide bonds. The van der Waals surface area contributed by atoms with Gasteiger partial charge in [0.1, 0.15) is 12.6 Å². The summed E-state index contributed by atoms with van der Waals surface area (Å²) >= 11 is 1.08. The number of hydrogen-bond donors (Lipinski definition) is 1. The van der Waals surface area contributed by atoms with Crippen molar-refractivity contribution in [1.29, 1.82) is 0 Å². The van der Waals surface area contributed by atoms with Gasteiger partial charge in [-0.05, 0) is 0 Å². The van der Waals surface area contributed by atoms with Crippen molar-refractivity contribution in [1.82, 2.24) is 4.90 Å². The summed E-state index contributed by atoms with van der Waals surface area (Å²) in [5, 5.41) is 9.00. The Bertz CT molecular complexity index is 835. The van der Waals surface area contributed by atoms with Crippen LogP contribution < -0.4 is 0 Å². The lowest BCUT2D eigenvalue weighted by Crippen LogP contribution is -2.58. The average Bonchev–Trinajstić information content (AvgIpc) is 3.20. The van der Waals surface area contributed by atoms with E-state index in [0.29, 0.717) is 0 Å². The first kappa shape index (κ1) is 31.1. The van der Waals surface area contributed by atoms with E-state index in [2.05, 4.69) is 0 Å². The van der Waals surface area contributed by atoms with Crippen molar-refractivity contribution in [3.8, 4) is 0 Å². The minimum absolute atomic E-state index is 0.113. The van der Waals surface area contributed by atoms with E-state index in [4.69, 9.17) is 28.4 Å². The Labute approximate surface area is 211 Å². The van der Waals surface area contributed by atoms with Gasteiger partial charge < -0.3 is 33.5 Å². The summed E-state index contributed by atoms with van der Waals surface area (Å²) in [4.78, 5) is 72.8. The molecule has 14 nitrogen and oxygen atoms in total. The maximum Gasteiger partial charge on any atom is 0.324 e. The highest BCUT2D eigenvalue weighted by Crippen LogP contribution is 2.36. The van der Waals surface area contributed by atoms with Crippen LogP contribution in [0, 0.1) is 0 Å². The average molecular weight is 538 g/mol. The number of hydrogen-bond acceptors (Lipinski definition) is 15. The lowest BCUT2D eigenvalue weighted by atomic mass is 10.0. The maximum absolute atomic E-state index is 12.2. The summed E-state index contributed by atoms with van der Waals surface area (Å²) in [5.41, 5.74) is 0. The number of thioether (sulfide) groups is 1. The number of nitrogens with zero attached hydrogens (tertiary/aromatic N) is 1. The van der Waals surface area contributed by atoms with Gasteiger partial charge in [0.25, 0.3) is 0 Å². The molecule has 0 radical (unpaired) electrons. The molecule has 0 saturated carbocycles. The van der Waals surface area contributed by atoms with Crippen molar-refractivity contribution in [3.05, 3.63) is 0 Å². The van der Waals surface area contributed by atoms with E-state index in [-0.39, 0.29) is 5.75 Å². The van der Waals surface area contributed by atoms with Crippen molar-refractivity contribution < 1.29 is 62.3 Å². The smallest absolute Gasteiger partial charge is 0.324 e. The molecule has 36 heavy (non-hydrogen) atoms. The minimum Gasteiger partial charge on any atom is -0.468 e. The fraction of sp³-hybridized carbons (Fsp3) is 0.714. The molecule has 6 atom stereocenters. The number of rotatable bonds is 12. The molecule has 0 aromatic carbocycles. The molecule has 1 aliphatic heterocycles. The third-order valence-corrected chi connectivity index (χ3v) is 6.15. The molecule has 1 heterocycles. The molecule has 0 spiro atoms. The van der Waals surface area contributed by atoms with Crippen LogP contribution in [-0.4, -0.2) is 108 Å². The van der Waals surface area contributed by atoms with Gasteiger partial charge in [-0.2, -0.15) is 0 Å². The van der Waals surface area contributed by atoms with E-state index in [1.807, 2.05) is 0 Å². The normalized spacial score (nSPS) is 20.8. The summed E-state index contributed by atoms with van der Waals surface area (Å²) in [6.07, 6.45) is -6.20. The lowest BCUT2D eigenvalue weighted by molar-refractivity contribution is -0.205. The van der Waals surface area contributed by atoms with Gasteiger partial charge in [-0.25, -0.2) is 0 Å². The Morgan fingerprint density at radius 3 is 1.81 bits per heavy atom.